The van der Waals surface area contributed by atoms with Gasteiger partial charge in [0.2, 0.25) is 0 Å². The molecular weight excluding hydrogens is 883 g/mol. The summed E-state index contributed by atoms with van der Waals surface area (Å²) in [7, 11) is -7.33. The van der Waals surface area contributed by atoms with E-state index in [-0.39, 0.29) is 38.5 Å². The minimum Gasteiger partial charge on any atom is -0.423 e. The van der Waals surface area contributed by atoms with Crippen molar-refractivity contribution >= 4 is 69.3 Å². The number of urea groups is 2. The average Bonchev–Trinajstić information content (AvgIpc) is 3.85. The molecule has 2 aliphatic heterocycles. The zero-order valence-corrected chi connectivity index (χ0v) is 33.5. The van der Waals surface area contributed by atoms with Crippen molar-refractivity contribution in [3.05, 3.63) is 119 Å². The second-order valence-corrected chi connectivity index (χ2v) is 15.3. The molecule has 6 aromatic rings. The van der Waals surface area contributed by atoms with Crippen LogP contribution in [0.4, 0.5) is 34.1 Å². The molecule has 326 valence electrons. The van der Waals surface area contributed by atoms with Crippen LogP contribution in [0.3, 0.4) is 0 Å². The first kappa shape index (κ1) is 46.7. The van der Waals surface area contributed by atoms with Gasteiger partial charge in [-0.15, -0.1) is 5.10 Å². The molecule has 0 radical (unpaired) electrons. The molecule has 8 rings (SSSR count). The van der Waals surface area contributed by atoms with Gasteiger partial charge in [-0.2, -0.15) is 26.7 Å². The number of anilines is 2. The lowest BCUT2D eigenvalue weighted by atomic mass is 9.83. The SMILES string of the molecule is C.O=C(Nc1cccc(Cl)c1)N1CCc2[nH]nc(-c3cncnc3)c2C1.O=C(Nc1cccc(Cl)c1)N1CCc2[nH]nc(OS(=O)(=O)C(F)(F)F)c2C1.OB(O)c1cncnc1. The van der Waals surface area contributed by atoms with Crippen LogP contribution in [0.15, 0.2) is 86.0 Å². The van der Waals surface area contributed by atoms with E-state index >= 15 is 0 Å². The van der Waals surface area contributed by atoms with E-state index in [0.717, 1.165) is 28.9 Å². The zero-order valence-electron chi connectivity index (χ0n) is 31.2. The van der Waals surface area contributed by atoms with Crippen molar-refractivity contribution in [1.82, 2.24) is 50.1 Å². The molecule has 6 N–H and O–H groups in total. The van der Waals surface area contributed by atoms with Gasteiger partial charge in [-0.1, -0.05) is 42.8 Å². The molecule has 0 aliphatic carbocycles. The lowest BCUT2D eigenvalue weighted by Gasteiger charge is -2.27. The summed E-state index contributed by atoms with van der Waals surface area (Å²) in [5.74, 6) is -0.734. The molecule has 19 nitrogen and oxygen atoms in total. The summed E-state index contributed by atoms with van der Waals surface area (Å²) in [6.45, 7) is 1.16. The van der Waals surface area contributed by atoms with Gasteiger partial charge in [0.05, 0.1) is 18.7 Å². The van der Waals surface area contributed by atoms with Crippen molar-refractivity contribution in [2.45, 2.75) is 38.9 Å². The molecule has 0 bridgehead atoms. The highest BCUT2D eigenvalue weighted by Gasteiger charge is 2.49. The molecule has 2 aliphatic rings. The van der Waals surface area contributed by atoms with Gasteiger partial charge < -0.3 is 34.7 Å². The number of halogens is 5. The highest BCUT2D eigenvalue weighted by molar-refractivity contribution is 7.88. The minimum absolute atomic E-state index is 0. The second kappa shape index (κ2) is 20.5. The summed E-state index contributed by atoms with van der Waals surface area (Å²) in [6.07, 6.45) is 9.89. The lowest BCUT2D eigenvalue weighted by molar-refractivity contribution is -0.0501. The Balaban J connectivity index is 0.000000193. The van der Waals surface area contributed by atoms with Gasteiger partial charge in [0.1, 0.15) is 18.3 Å². The number of nitrogens with one attached hydrogen (secondary N) is 4. The Morgan fingerprint density at radius 1 is 0.774 bits per heavy atom. The van der Waals surface area contributed by atoms with Gasteiger partial charge in [-0.3, -0.25) is 10.2 Å². The molecule has 6 heterocycles. The first-order valence-electron chi connectivity index (χ1n) is 17.7. The number of hydrogen-bond donors (Lipinski definition) is 6. The fourth-order valence-corrected chi connectivity index (χ4v) is 6.59. The predicted octanol–water partition coefficient (Wildman–Crippen LogP) is 4.78. The highest BCUT2D eigenvalue weighted by atomic mass is 35.5. The highest BCUT2D eigenvalue weighted by Crippen LogP contribution is 2.32. The Labute approximate surface area is 362 Å². The zero-order chi connectivity index (χ0) is 43.7. The summed E-state index contributed by atoms with van der Waals surface area (Å²) < 4.78 is 64.0. The number of fused-ring (bicyclic) bond motifs is 2. The fraction of sp³-hybridized carbons (Fsp3) is 0.222. The van der Waals surface area contributed by atoms with E-state index in [2.05, 4.69) is 55.1 Å². The molecule has 0 fully saturated rings. The van der Waals surface area contributed by atoms with Gasteiger partial charge in [-0.05, 0) is 36.4 Å². The predicted molar refractivity (Wildman–Crippen MR) is 222 cm³/mol. The molecule has 0 saturated carbocycles. The van der Waals surface area contributed by atoms with E-state index in [1.54, 1.807) is 53.7 Å². The normalized spacial score (nSPS) is 13.1. The average molecular weight is 920 g/mol. The number of alkyl halides is 3. The van der Waals surface area contributed by atoms with Gasteiger partial charge in [0, 0.05) is 100 Å². The van der Waals surface area contributed by atoms with Gasteiger partial charge in [-0.25, -0.2) is 29.5 Å². The molecule has 0 unspecified atom stereocenters. The van der Waals surface area contributed by atoms with E-state index in [1.165, 1.54) is 36.0 Å². The van der Waals surface area contributed by atoms with Crippen molar-refractivity contribution in [1.29, 1.82) is 0 Å². The third-order valence-electron chi connectivity index (χ3n) is 8.74. The Kier molecular flexibility index (Phi) is 15.4. The maximum absolute atomic E-state index is 12.6. The van der Waals surface area contributed by atoms with Crippen LogP contribution in [-0.4, -0.2) is 106 Å². The van der Waals surface area contributed by atoms with Crippen molar-refractivity contribution in [2.75, 3.05) is 23.7 Å². The van der Waals surface area contributed by atoms with Gasteiger partial charge in [0.25, 0.3) is 5.88 Å². The number of rotatable bonds is 6. The van der Waals surface area contributed by atoms with E-state index in [9.17, 15) is 31.2 Å². The number of aromatic amines is 2. The van der Waals surface area contributed by atoms with E-state index in [4.69, 9.17) is 33.2 Å². The Morgan fingerprint density at radius 3 is 1.74 bits per heavy atom. The number of H-pyrrole nitrogens is 2. The van der Waals surface area contributed by atoms with Crippen LogP contribution >= 0.6 is 23.2 Å². The van der Waals surface area contributed by atoms with Crippen molar-refractivity contribution in [3.8, 4) is 17.1 Å². The molecule has 26 heteroatoms. The molecular formula is C36H36BCl2F3N12O7S. The minimum atomic E-state index is -5.86. The summed E-state index contributed by atoms with van der Waals surface area (Å²) in [5.41, 5.74) is -0.0476. The van der Waals surface area contributed by atoms with Crippen LogP contribution in [0.2, 0.25) is 10.0 Å². The van der Waals surface area contributed by atoms with Crippen molar-refractivity contribution in [2.24, 2.45) is 0 Å². The summed E-state index contributed by atoms with van der Waals surface area (Å²) in [4.78, 5) is 43.2. The van der Waals surface area contributed by atoms with Crippen LogP contribution < -0.4 is 20.3 Å². The molecule has 0 saturated heterocycles. The molecule has 0 atom stereocenters. The van der Waals surface area contributed by atoms with Gasteiger partial charge in [0.15, 0.2) is 0 Å². The van der Waals surface area contributed by atoms with Crippen LogP contribution in [0.1, 0.15) is 29.9 Å². The first-order valence-corrected chi connectivity index (χ1v) is 19.9. The summed E-state index contributed by atoms with van der Waals surface area (Å²) >= 11 is 11.8. The fourth-order valence-electron chi connectivity index (χ4n) is 5.77. The Morgan fingerprint density at radius 2 is 1.26 bits per heavy atom. The van der Waals surface area contributed by atoms with Crippen molar-refractivity contribution in [3.63, 3.8) is 0 Å². The number of benzene rings is 2. The number of carbonyl (C=O) groups is 2. The van der Waals surface area contributed by atoms with Crippen LogP contribution in [-0.2, 0) is 36.0 Å². The number of nitrogens with zero attached hydrogens (tertiary/aromatic N) is 8. The topological polar surface area (TPSA) is 257 Å². The third-order valence-corrected chi connectivity index (χ3v) is 10.2. The molecule has 62 heavy (non-hydrogen) atoms. The number of hydrogen-bond acceptors (Lipinski definition) is 13. The van der Waals surface area contributed by atoms with Crippen LogP contribution in [0, 0.1) is 0 Å². The summed E-state index contributed by atoms with van der Waals surface area (Å²) in [5, 5.41) is 36.8. The molecule has 4 aromatic heterocycles. The van der Waals surface area contributed by atoms with Gasteiger partial charge >= 0.3 is 34.8 Å². The molecule has 4 amide bonds. The maximum atomic E-state index is 12.6. The van der Waals surface area contributed by atoms with Crippen LogP contribution in [0.25, 0.3) is 11.3 Å². The van der Waals surface area contributed by atoms with E-state index in [1.807, 2.05) is 6.07 Å². The number of amides is 4. The second-order valence-electron chi connectivity index (χ2n) is 12.9. The van der Waals surface area contributed by atoms with E-state index < -0.39 is 34.7 Å². The smallest absolute Gasteiger partial charge is 0.423 e. The first-order chi connectivity index (χ1) is 29.1. The largest absolute Gasteiger partial charge is 0.534 e. The lowest BCUT2D eigenvalue weighted by Crippen LogP contribution is -2.39. The van der Waals surface area contributed by atoms with Crippen LogP contribution in [0.5, 0.6) is 5.88 Å². The Bertz CT molecular complexity index is 2580. The number of carbonyl (C=O) groups excluding carboxylic acids is 2. The number of aromatic nitrogens is 8. The summed E-state index contributed by atoms with van der Waals surface area (Å²) in [6, 6.07) is 12.8. The maximum Gasteiger partial charge on any atom is 0.534 e. The molecule has 0 spiro atoms. The monoisotopic (exact) mass is 918 g/mol. The van der Waals surface area contributed by atoms with E-state index in [0.29, 0.717) is 45.7 Å². The third kappa shape index (κ3) is 11.9. The van der Waals surface area contributed by atoms with Crippen molar-refractivity contribution < 1.29 is 45.4 Å². The standard InChI is InChI=1S/C17H15ClN6O.C14H12ClF3N4O4S.C4H5BN2O2.CH4/c18-12-2-1-3-13(6-12)21-17(25)24-5-4-15-14(9-24)16(23-22-15)11-7-19-10-20-8-11;15-8-2-1-3-9(6-8)19-13(23)22-5-4-11-10(7-22)12(21-20-11)26-27(24,25)14(16,17)18;8-5(9)4-1-6-3-7-2-4;/h1-3,6-8,10H,4-5,9H2,(H,21,25)(H,22,23);1-3,6H,4-5,7H2,(H,19,23)(H,20,21);1-3,8-9H;1H4. The molecule has 2 aromatic carbocycles. The quantitative estimate of drug-likeness (QED) is 0.0748. The Hall–Kier alpha value is -6.34.